The van der Waals surface area contributed by atoms with Gasteiger partial charge in [-0.3, -0.25) is 0 Å². The van der Waals surface area contributed by atoms with Crippen LogP contribution < -0.4 is 0 Å². The van der Waals surface area contributed by atoms with Gasteiger partial charge < -0.3 is 9.97 Å². The SMILES string of the molecule is C1=CC=Cc2c([nH]c3c2ccc2c4ccccc4[nH]c23)C=1. The largest absolute Gasteiger partial charge is 0.353 e. The van der Waals surface area contributed by atoms with Gasteiger partial charge >= 0.3 is 0 Å². The first kappa shape index (κ1) is 10.8. The summed E-state index contributed by atoms with van der Waals surface area (Å²) in [4.78, 5) is 7.09. The maximum absolute atomic E-state index is 3.55. The summed E-state index contributed by atoms with van der Waals surface area (Å²) >= 11 is 0. The molecule has 2 nitrogen and oxygen atoms in total. The smallest absolute Gasteiger partial charge is 0.0710 e. The van der Waals surface area contributed by atoms with E-state index in [2.05, 4.69) is 58.2 Å². The fourth-order valence-corrected chi connectivity index (χ4v) is 3.24. The second-order valence-corrected chi connectivity index (χ2v) is 5.37. The Hall–Kier alpha value is -2.96. The molecule has 2 heteroatoms. The van der Waals surface area contributed by atoms with Crippen LogP contribution in [-0.4, -0.2) is 9.97 Å². The van der Waals surface area contributed by atoms with E-state index in [4.69, 9.17) is 0 Å². The van der Waals surface area contributed by atoms with Gasteiger partial charge in [0, 0.05) is 33.3 Å². The van der Waals surface area contributed by atoms with Crippen molar-refractivity contribution in [3.8, 4) is 0 Å². The standard InChI is InChI=1S/C19H12N2/c1-2-6-12-14-10-11-15-13-7-4-5-9-17(13)21-19(15)18(14)20-16(12)8-3-1/h1-2,4-11,20-21H. The third-order valence-electron chi connectivity index (χ3n) is 4.21. The average Bonchev–Trinajstić information content (AvgIpc) is 2.97. The van der Waals surface area contributed by atoms with Gasteiger partial charge in [-0.25, -0.2) is 0 Å². The van der Waals surface area contributed by atoms with Crippen molar-refractivity contribution in [1.82, 2.24) is 9.97 Å². The molecule has 0 atom stereocenters. The van der Waals surface area contributed by atoms with Gasteiger partial charge in [0.2, 0.25) is 0 Å². The summed E-state index contributed by atoms with van der Waals surface area (Å²) in [6.45, 7) is 0. The van der Waals surface area contributed by atoms with Crippen molar-refractivity contribution in [2.24, 2.45) is 0 Å². The Bertz CT molecular complexity index is 1110. The lowest BCUT2D eigenvalue weighted by Gasteiger charge is -1.95. The minimum atomic E-state index is 1.11. The van der Waals surface area contributed by atoms with Crippen molar-refractivity contribution >= 4 is 44.9 Å². The van der Waals surface area contributed by atoms with Crippen LogP contribution in [0.1, 0.15) is 11.3 Å². The quantitative estimate of drug-likeness (QED) is 0.421. The van der Waals surface area contributed by atoms with Gasteiger partial charge in [-0.1, -0.05) is 42.5 Å². The number of aromatic nitrogens is 2. The molecule has 4 aromatic rings. The summed E-state index contributed by atoms with van der Waals surface area (Å²) in [7, 11) is 0. The van der Waals surface area contributed by atoms with Crippen LogP contribution in [-0.2, 0) is 0 Å². The molecule has 0 fully saturated rings. The topological polar surface area (TPSA) is 31.6 Å². The molecular weight excluding hydrogens is 256 g/mol. The first-order valence-electron chi connectivity index (χ1n) is 7.06. The van der Waals surface area contributed by atoms with Crippen LogP contribution in [0.2, 0.25) is 0 Å². The molecule has 2 N–H and O–H groups in total. The lowest BCUT2D eigenvalue weighted by atomic mass is 10.1. The molecule has 1 aliphatic rings. The van der Waals surface area contributed by atoms with Crippen molar-refractivity contribution in [2.45, 2.75) is 0 Å². The summed E-state index contributed by atoms with van der Waals surface area (Å²) < 4.78 is 0. The number of benzene rings is 2. The van der Waals surface area contributed by atoms with Gasteiger partial charge in [-0.05, 0) is 12.1 Å². The number of nitrogens with one attached hydrogen (secondary N) is 2. The highest BCUT2D eigenvalue weighted by Gasteiger charge is 2.13. The number of allylic oxidation sites excluding steroid dienone is 2. The first-order chi connectivity index (χ1) is 10.4. The van der Waals surface area contributed by atoms with E-state index in [1.165, 1.54) is 38.3 Å². The molecule has 0 saturated heterocycles. The molecule has 5 rings (SSSR count). The van der Waals surface area contributed by atoms with Crippen molar-refractivity contribution < 1.29 is 0 Å². The van der Waals surface area contributed by atoms with E-state index in [1.807, 2.05) is 18.2 Å². The molecule has 21 heavy (non-hydrogen) atoms. The third kappa shape index (κ3) is 1.37. The zero-order valence-corrected chi connectivity index (χ0v) is 11.3. The van der Waals surface area contributed by atoms with Crippen LogP contribution in [0.5, 0.6) is 0 Å². The fourth-order valence-electron chi connectivity index (χ4n) is 3.24. The lowest BCUT2D eigenvalue weighted by molar-refractivity contribution is 1.42. The molecule has 0 bridgehead atoms. The predicted molar refractivity (Wildman–Crippen MR) is 89.2 cm³/mol. The van der Waals surface area contributed by atoms with Crippen LogP contribution in [0.3, 0.4) is 0 Å². The summed E-state index contributed by atoms with van der Waals surface area (Å²) in [6.07, 6.45) is 8.11. The number of hydrogen-bond donors (Lipinski definition) is 2. The van der Waals surface area contributed by atoms with Gasteiger partial charge in [-0.15, -0.1) is 5.73 Å². The molecule has 0 spiro atoms. The zero-order valence-electron chi connectivity index (χ0n) is 11.3. The van der Waals surface area contributed by atoms with Gasteiger partial charge in [0.1, 0.15) is 0 Å². The molecule has 0 unspecified atom stereocenters. The Kier molecular flexibility index (Phi) is 1.94. The predicted octanol–water partition coefficient (Wildman–Crippen LogP) is 5.00. The number of rotatable bonds is 0. The van der Waals surface area contributed by atoms with Crippen molar-refractivity contribution in [3.05, 3.63) is 65.5 Å². The maximum Gasteiger partial charge on any atom is 0.0710 e. The zero-order chi connectivity index (χ0) is 13.8. The Morgan fingerprint density at radius 2 is 1.67 bits per heavy atom. The van der Waals surface area contributed by atoms with E-state index in [0.717, 1.165) is 5.69 Å². The molecule has 0 saturated carbocycles. The normalized spacial score (nSPS) is 13.3. The Morgan fingerprint density at radius 3 is 2.67 bits per heavy atom. The van der Waals surface area contributed by atoms with Gasteiger partial charge in [0.05, 0.1) is 16.7 Å². The fraction of sp³-hybridized carbons (Fsp3) is 0. The number of aromatic amines is 2. The molecular formula is C19H12N2. The van der Waals surface area contributed by atoms with Crippen LogP contribution in [0, 0.1) is 0 Å². The molecule has 0 radical (unpaired) electrons. The van der Waals surface area contributed by atoms with Gasteiger partial charge in [0.15, 0.2) is 0 Å². The van der Waals surface area contributed by atoms with Crippen LogP contribution in [0.4, 0.5) is 0 Å². The Labute approximate surface area is 121 Å². The van der Waals surface area contributed by atoms with Crippen molar-refractivity contribution in [1.29, 1.82) is 0 Å². The van der Waals surface area contributed by atoms with E-state index >= 15 is 0 Å². The molecule has 2 heterocycles. The molecule has 1 aliphatic carbocycles. The first-order valence-corrected chi connectivity index (χ1v) is 7.06. The van der Waals surface area contributed by atoms with Crippen LogP contribution >= 0.6 is 0 Å². The summed E-state index contributed by atoms with van der Waals surface area (Å²) in [5, 5.41) is 3.77. The van der Waals surface area contributed by atoms with E-state index in [1.54, 1.807) is 0 Å². The highest BCUT2D eigenvalue weighted by molar-refractivity contribution is 6.17. The van der Waals surface area contributed by atoms with Crippen molar-refractivity contribution in [3.63, 3.8) is 0 Å². The van der Waals surface area contributed by atoms with E-state index in [9.17, 15) is 0 Å². The maximum atomic E-state index is 3.55. The third-order valence-corrected chi connectivity index (χ3v) is 4.21. The molecule has 0 amide bonds. The molecule has 2 aromatic carbocycles. The van der Waals surface area contributed by atoms with Crippen molar-refractivity contribution in [2.75, 3.05) is 0 Å². The summed E-state index contributed by atoms with van der Waals surface area (Å²) in [5.41, 5.74) is 9.02. The number of hydrogen-bond acceptors (Lipinski definition) is 0. The number of fused-ring (bicyclic) bond motifs is 7. The van der Waals surface area contributed by atoms with Crippen LogP contribution in [0.15, 0.2) is 54.3 Å². The van der Waals surface area contributed by atoms with Crippen LogP contribution in [0.25, 0.3) is 44.9 Å². The summed E-state index contributed by atoms with van der Waals surface area (Å²) in [6, 6.07) is 12.8. The van der Waals surface area contributed by atoms with E-state index in [-0.39, 0.29) is 0 Å². The highest BCUT2D eigenvalue weighted by Crippen LogP contribution is 2.34. The Morgan fingerprint density at radius 1 is 0.810 bits per heavy atom. The molecule has 2 aromatic heterocycles. The number of para-hydroxylation sites is 1. The highest BCUT2D eigenvalue weighted by atomic mass is 14.8. The lowest BCUT2D eigenvalue weighted by Crippen LogP contribution is -1.73. The number of H-pyrrole nitrogens is 2. The van der Waals surface area contributed by atoms with E-state index in [0.29, 0.717) is 0 Å². The van der Waals surface area contributed by atoms with Gasteiger partial charge in [-0.2, -0.15) is 0 Å². The monoisotopic (exact) mass is 268 g/mol. The Balaban J connectivity index is 2.01. The van der Waals surface area contributed by atoms with E-state index < -0.39 is 0 Å². The molecule has 98 valence electrons. The minimum Gasteiger partial charge on any atom is -0.353 e. The minimum absolute atomic E-state index is 1.11. The summed E-state index contributed by atoms with van der Waals surface area (Å²) in [5.74, 6) is 0. The second-order valence-electron chi connectivity index (χ2n) is 5.37. The second kappa shape index (κ2) is 3.78. The average molecular weight is 268 g/mol. The van der Waals surface area contributed by atoms with Gasteiger partial charge in [0.25, 0.3) is 0 Å². The molecule has 0 aliphatic heterocycles.